The van der Waals surface area contributed by atoms with Gasteiger partial charge < -0.3 is 14.1 Å². The van der Waals surface area contributed by atoms with Crippen LogP contribution in [0.25, 0.3) is 0 Å². The highest BCUT2D eigenvalue weighted by atomic mass is 16.5. The van der Waals surface area contributed by atoms with E-state index < -0.39 is 0 Å². The van der Waals surface area contributed by atoms with Crippen molar-refractivity contribution in [2.24, 2.45) is 0 Å². The highest BCUT2D eigenvalue weighted by Crippen LogP contribution is 2.25. The van der Waals surface area contributed by atoms with E-state index in [0.717, 1.165) is 17.8 Å². The zero-order chi connectivity index (χ0) is 21.1. The van der Waals surface area contributed by atoms with Gasteiger partial charge in [0.05, 0.1) is 24.5 Å². The zero-order valence-electron chi connectivity index (χ0n) is 17.7. The highest BCUT2D eigenvalue weighted by Gasteiger charge is 2.30. The van der Waals surface area contributed by atoms with Crippen LogP contribution in [0.2, 0.25) is 0 Å². The molecule has 1 aliphatic rings. The number of aryl methyl sites for hydroxylation is 3. The quantitative estimate of drug-likeness (QED) is 0.640. The summed E-state index contributed by atoms with van der Waals surface area (Å²) in [5.41, 5.74) is 4.89. The van der Waals surface area contributed by atoms with E-state index in [4.69, 9.17) is 14.1 Å². The monoisotopic (exact) mass is 405 g/mol. The molecule has 6 heteroatoms. The van der Waals surface area contributed by atoms with Crippen LogP contribution >= 0.6 is 0 Å². The van der Waals surface area contributed by atoms with E-state index in [9.17, 15) is 4.79 Å². The van der Waals surface area contributed by atoms with Crippen LogP contribution in [0.15, 0.2) is 46.9 Å². The van der Waals surface area contributed by atoms with Crippen molar-refractivity contribution in [3.63, 3.8) is 0 Å². The minimum Gasteiger partial charge on any atom is -0.435 e. The van der Waals surface area contributed by atoms with Crippen molar-refractivity contribution in [1.82, 2.24) is 14.9 Å². The van der Waals surface area contributed by atoms with Gasteiger partial charge in [-0.1, -0.05) is 37.3 Å². The summed E-state index contributed by atoms with van der Waals surface area (Å²) in [7, 11) is 0. The maximum Gasteiger partial charge on any atom is 0.291 e. The normalized spacial score (nSPS) is 16.6. The Labute approximate surface area is 176 Å². The van der Waals surface area contributed by atoms with Crippen molar-refractivity contribution >= 4 is 5.91 Å². The number of benzene rings is 1. The number of hydrogen-bond acceptors (Lipinski definition) is 5. The van der Waals surface area contributed by atoms with E-state index in [0.29, 0.717) is 43.5 Å². The third-order valence-corrected chi connectivity index (χ3v) is 5.31. The van der Waals surface area contributed by atoms with Gasteiger partial charge in [-0.2, -0.15) is 0 Å². The second kappa shape index (κ2) is 8.79. The Hall–Kier alpha value is -2.99. The van der Waals surface area contributed by atoms with E-state index in [1.165, 1.54) is 11.1 Å². The molecule has 0 aliphatic carbocycles. The fraction of sp³-hybridized carbons (Fsp3) is 0.375. The Kier molecular flexibility index (Phi) is 5.95. The van der Waals surface area contributed by atoms with Crippen LogP contribution < -0.4 is 0 Å². The molecule has 1 aliphatic heterocycles. The average Bonchev–Trinajstić information content (AvgIpc) is 3.14. The summed E-state index contributed by atoms with van der Waals surface area (Å²) in [4.78, 5) is 23.8. The first-order chi connectivity index (χ1) is 14.5. The maximum absolute atomic E-state index is 13.0. The van der Waals surface area contributed by atoms with Gasteiger partial charge in [-0.3, -0.25) is 9.78 Å². The standard InChI is InChI=1S/C24H27N3O3/c1-4-22-26-17(3)23(30-22)24(28)27-10-11-29-21(15-27)20-14-19(12-16(2)25-20)13-18-8-6-5-7-9-18/h5-9,12,14,21H,4,10-11,13,15H2,1-3H3. The molecule has 0 bridgehead atoms. The lowest BCUT2D eigenvalue weighted by Gasteiger charge is -2.32. The van der Waals surface area contributed by atoms with Gasteiger partial charge in [0.25, 0.3) is 5.91 Å². The lowest BCUT2D eigenvalue weighted by Crippen LogP contribution is -2.42. The summed E-state index contributed by atoms with van der Waals surface area (Å²) in [6, 6.07) is 14.6. The molecular weight excluding hydrogens is 378 g/mol. The first-order valence-electron chi connectivity index (χ1n) is 10.4. The third-order valence-electron chi connectivity index (χ3n) is 5.31. The Bertz CT molecular complexity index is 1030. The number of amides is 1. The molecule has 3 aromatic rings. The van der Waals surface area contributed by atoms with E-state index in [1.807, 2.05) is 39.0 Å². The molecule has 0 spiro atoms. The minimum atomic E-state index is -0.258. The molecule has 1 atom stereocenters. The van der Waals surface area contributed by atoms with Crippen LogP contribution in [0.1, 0.15) is 57.7 Å². The van der Waals surface area contributed by atoms with Gasteiger partial charge in [0.2, 0.25) is 5.76 Å². The summed E-state index contributed by atoms with van der Waals surface area (Å²) in [5, 5.41) is 0. The minimum absolute atomic E-state index is 0.134. The number of oxazole rings is 1. The molecule has 30 heavy (non-hydrogen) atoms. The van der Waals surface area contributed by atoms with Gasteiger partial charge in [-0.05, 0) is 43.5 Å². The number of pyridine rings is 1. The van der Waals surface area contributed by atoms with Crippen LogP contribution in [0.4, 0.5) is 0 Å². The molecule has 3 heterocycles. The number of carbonyl (C=O) groups is 1. The lowest BCUT2D eigenvalue weighted by molar-refractivity contribution is -0.0258. The third kappa shape index (κ3) is 4.44. The molecule has 4 rings (SSSR count). The van der Waals surface area contributed by atoms with Crippen molar-refractivity contribution < 1.29 is 13.9 Å². The van der Waals surface area contributed by atoms with E-state index in [-0.39, 0.29) is 12.0 Å². The molecule has 0 saturated carbocycles. The highest BCUT2D eigenvalue weighted by molar-refractivity contribution is 5.92. The van der Waals surface area contributed by atoms with Crippen molar-refractivity contribution in [2.45, 2.75) is 39.7 Å². The van der Waals surface area contributed by atoms with Crippen LogP contribution in [-0.4, -0.2) is 40.5 Å². The van der Waals surface area contributed by atoms with Gasteiger partial charge in [0.1, 0.15) is 6.10 Å². The van der Waals surface area contributed by atoms with Crippen LogP contribution in [-0.2, 0) is 17.6 Å². The molecule has 1 saturated heterocycles. The SMILES string of the molecule is CCc1nc(C)c(C(=O)N2CCOC(c3cc(Cc4ccccc4)cc(C)n3)C2)o1. The summed E-state index contributed by atoms with van der Waals surface area (Å²) in [6.07, 6.45) is 1.24. The van der Waals surface area contributed by atoms with Gasteiger partial charge >= 0.3 is 0 Å². The van der Waals surface area contributed by atoms with Crippen LogP contribution in [0.5, 0.6) is 0 Å². The first kappa shape index (κ1) is 20.3. The molecule has 2 aromatic heterocycles. The molecule has 1 aromatic carbocycles. The van der Waals surface area contributed by atoms with Gasteiger partial charge in [0.15, 0.2) is 5.89 Å². The predicted molar refractivity (Wildman–Crippen MR) is 113 cm³/mol. The summed E-state index contributed by atoms with van der Waals surface area (Å²) in [5.74, 6) is 0.784. The largest absolute Gasteiger partial charge is 0.435 e. The van der Waals surface area contributed by atoms with Crippen LogP contribution in [0.3, 0.4) is 0 Å². The Morgan fingerprint density at radius 3 is 2.67 bits per heavy atom. The van der Waals surface area contributed by atoms with Gasteiger partial charge in [-0.15, -0.1) is 0 Å². The zero-order valence-corrected chi connectivity index (χ0v) is 17.7. The van der Waals surface area contributed by atoms with Crippen molar-refractivity contribution in [3.05, 3.63) is 82.3 Å². The predicted octanol–water partition coefficient (Wildman–Crippen LogP) is 4.05. The molecule has 1 fully saturated rings. The number of carbonyl (C=O) groups excluding carboxylic acids is 1. The first-order valence-corrected chi connectivity index (χ1v) is 10.4. The Morgan fingerprint density at radius 1 is 1.13 bits per heavy atom. The number of ether oxygens (including phenoxy) is 1. The van der Waals surface area contributed by atoms with Crippen molar-refractivity contribution in [3.8, 4) is 0 Å². The second-order valence-electron chi connectivity index (χ2n) is 7.69. The van der Waals surface area contributed by atoms with Crippen LogP contribution in [0, 0.1) is 13.8 Å². The molecule has 6 nitrogen and oxygen atoms in total. The fourth-order valence-corrected chi connectivity index (χ4v) is 3.82. The molecule has 1 amide bonds. The topological polar surface area (TPSA) is 68.5 Å². The molecule has 0 radical (unpaired) electrons. The van der Waals surface area contributed by atoms with E-state index in [1.54, 1.807) is 4.90 Å². The van der Waals surface area contributed by atoms with Gasteiger partial charge in [0, 0.05) is 18.7 Å². The number of hydrogen-bond donors (Lipinski definition) is 0. The number of aromatic nitrogens is 2. The average molecular weight is 405 g/mol. The Morgan fingerprint density at radius 2 is 1.93 bits per heavy atom. The molecular formula is C24H27N3O3. The number of rotatable bonds is 5. The fourth-order valence-electron chi connectivity index (χ4n) is 3.82. The van der Waals surface area contributed by atoms with Crippen molar-refractivity contribution in [1.29, 1.82) is 0 Å². The van der Waals surface area contributed by atoms with Gasteiger partial charge in [-0.25, -0.2) is 4.98 Å². The molecule has 1 unspecified atom stereocenters. The Balaban J connectivity index is 1.53. The molecule has 0 N–H and O–H groups in total. The number of morpholine rings is 1. The number of nitrogens with zero attached hydrogens (tertiary/aromatic N) is 3. The van der Waals surface area contributed by atoms with E-state index >= 15 is 0 Å². The lowest BCUT2D eigenvalue weighted by atomic mass is 10.0. The summed E-state index contributed by atoms with van der Waals surface area (Å²) in [6.45, 7) is 7.20. The summed E-state index contributed by atoms with van der Waals surface area (Å²) >= 11 is 0. The smallest absolute Gasteiger partial charge is 0.291 e. The maximum atomic E-state index is 13.0. The van der Waals surface area contributed by atoms with E-state index in [2.05, 4.69) is 29.2 Å². The van der Waals surface area contributed by atoms with Crippen molar-refractivity contribution in [2.75, 3.05) is 19.7 Å². The molecule has 156 valence electrons. The second-order valence-corrected chi connectivity index (χ2v) is 7.69. The summed E-state index contributed by atoms with van der Waals surface area (Å²) < 4.78 is 11.7.